The molecule has 3 rings (SSSR count). The summed E-state index contributed by atoms with van der Waals surface area (Å²) in [4.78, 5) is 0. The molecule has 0 spiro atoms. The van der Waals surface area contributed by atoms with Crippen LogP contribution in [0.5, 0.6) is 17.2 Å². The number of hydrogen-bond acceptors (Lipinski definition) is 5. The summed E-state index contributed by atoms with van der Waals surface area (Å²) in [6, 6.07) is 14.9. The van der Waals surface area contributed by atoms with E-state index in [1.807, 2.05) is 37.3 Å². The molecule has 0 aliphatic carbocycles. The number of rotatable bonds is 6. The van der Waals surface area contributed by atoms with Gasteiger partial charge in [-0.15, -0.1) is 0 Å². The molecule has 1 aliphatic heterocycles. The molecule has 1 fully saturated rings. The van der Waals surface area contributed by atoms with Crippen LogP contribution in [-0.2, 0) is 4.74 Å². The van der Waals surface area contributed by atoms with Crippen molar-refractivity contribution in [3.05, 3.63) is 54.1 Å². The van der Waals surface area contributed by atoms with Crippen molar-refractivity contribution in [3.63, 3.8) is 0 Å². The molecule has 128 valence electrons. The van der Waals surface area contributed by atoms with E-state index < -0.39 is 0 Å². The predicted octanol–water partition coefficient (Wildman–Crippen LogP) is 2.90. The number of hydrogen-bond donors (Lipinski definition) is 2. The van der Waals surface area contributed by atoms with Crippen molar-refractivity contribution in [1.82, 2.24) is 5.32 Å². The van der Waals surface area contributed by atoms with Crippen molar-refractivity contribution in [3.8, 4) is 17.2 Å². The summed E-state index contributed by atoms with van der Waals surface area (Å²) >= 11 is 0. The van der Waals surface area contributed by atoms with Gasteiger partial charge in [-0.3, -0.25) is 0 Å². The van der Waals surface area contributed by atoms with Crippen LogP contribution in [0.3, 0.4) is 0 Å². The fourth-order valence-corrected chi connectivity index (χ4v) is 2.78. The van der Waals surface area contributed by atoms with Crippen molar-refractivity contribution in [2.24, 2.45) is 0 Å². The minimum absolute atomic E-state index is 0.113. The zero-order chi connectivity index (χ0) is 16.8. The number of morpholine rings is 1. The van der Waals surface area contributed by atoms with E-state index in [2.05, 4.69) is 5.32 Å². The average molecular weight is 329 g/mol. The number of phenols is 1. The quantitative estimate of drug-likeness (QED) is 0.853. The molecule has 0 amide bonds. The van der Waals surface area contributed by atoms with Crippen LogP contribution < -0.4 is 14.8 Å². The molecule has 0 unspecified atom stereocenters. The Morgan fingerprint density at radius 2 is 2.04 bits per heavy atom. The van der Waals surface area contributed by atoms with Gasteiger partial charge in [0.2, 0.25) is 0 Å². The molecule has 5 nitrogen and oxygen atoms in total. The van der Waals surface area contributed by atoms with Crippen LogP contribution in [0.25, 0.3) is 0 Å². The summed E-state index contributed by atoms with van der Waals surface area (Å²) in [5.41, 5.74) is 1.02. The van der Waals surface area contributed by atoms with Crippen molar-refractivity contribution >= 4 is 0 Å². The Labute approximate surface area is 142 Å². The van der Waals surface area contributed by atoms with Gasteiger partial charge in [0.25, 0.3) is 0 Å². The van der Waals surface area contributed by atoms with Gasteiger partial charge in [-0.2, -0.15) is 0 Å². The third-order valence-corrected chi connectivity index (χ3v) is 3.90. The van der Waals surface area contributed by atoms with Gasteiger partial charge in [0.05, 0.1) is 13.2 Å². The highest BCUT2D eigenvalue weighted by molar-refractivity contribution is 5.45. The zero-order valence-electron chi connectivity index (χ0n) is 13.8. The fourth-order valence-electron chi connectivity index (χ4n) is 2.78. The molecule has 2 aromatic carbocycles. The molecule has 2 aromatic rings. The largest absolute Gasteiger partial charge is 0.508 e. The summed E-state index contributed by atoms with van der Waals surface area (Å²) in [7, 11) is 0. The molecule has 0 radical (unpaired) electrons. The van der Waals surface area contributed by atoms with Crippen LogP contribution in [0.1, 0.15) is 18.6 Å². The molecule has 2 N–H and O–H groups in total. The normalized spacial score (nSPS) is 18.8. The fraction of sp³-hybridized carbons (Fsp3) is 0.368. The molecule has 24 heavy (non-hydrogen) atoms. The first-order valence-corrected chi connectivity index (χ1v) is 8.27. The van der Waals surface area contributed by atoms with Crippen LogP contribution >= 0.6 is 0 Å². The standard InChI is InChI=1S/C19H23NO4/c1-2-22-16-9-8-15(21)12-17(16)24-19(14-6-4-3-5-7-14)18-13-20-10-11-23-18/h3-9,12,18-21H,2,10-11,13H2,1H3/t18-,19-/m0/s1. The first-order valence-electron chi connectivity index (χ1n) is 8.27. The van der Waals surface area contributed by atoms with Crippen molar-refractivity contribution < 1.29 is 19.3 Å². The second-order valence-corrected chi connectivity index (χ2v) is 5.63. The third kappa shape index (κ3) is 3.99. The lowest BCUT2D eigenvalue weighted by Crippen LogP contribution is -2.43. The van der Waals surface area contributed by atoms with Gasteiger partial charge >= 0.3 is 0 Å². The van der Waals surface area contributed by atoms with E-state index in [4.69, 9.17) is 14.2 Å². The number of phenolic OH excluding ortho intramolecular Hbond substituents is 1. The van der Waals surface area contributed by atoms with Crippen LogP contribution in [0.15, 0.2) is 48.5 Å². The zero-order valence-corrected chi connectivity index (χ0v) is 13.8. The molecule has 1 heterocycles. The van der Waals surface area contributed by atoms with Gasteiger partial charge in [0, 0.05) is 19.2 Å². The van der Waals surface area contributed by atoms with Crippen LogP contribution in [0, 0.1) is 0 Å². The minimum Gasteiger partial charge on any atom is -0.508 e. The SMILES string of the molecule is CCOc1ccc(O)cc1O[C@@H](c1ccccc1)[C@@H]1CNCCO1. The van der Waals surface area contributed by atoms with E-state index in [9.17, 15) is 5.11 Å². The lowest BCUT2D eigenvalue weighted by Gasteiger charge is -2.32. The number of benzene rings is 2. The van der Waals surface area contributed by atoms with Gasteiger partial charge in [0.1, 0.15) is 11.9 Å². The highest BCUT2D eigenvalue weighted by atomic mass is 16.6. The maximum absolute atomic E-state index is 9.82. The molecule has 0 saturated carbocycles. The first kappa shape index (κ1) is 16.6. The highest BCUT2D eigenvalue weighted by Crippen LogP contribution is 2.36. The summed E-state index contributed by atoms with van der Waals surface area (Å²) in [6.45, 7) is 4.64. The monoisotopic (exact) mass is 329 g/mol. The number of nitrogens with one attached hydrogen (secondary N) is 1. The maximum Gasteiger partial charge on any atom is 0.165 e. The van der Waals surface area contributed by atoms with Gasteiger partial charge in [0.15, 0.2) is 17.6 Å². The molecule has 5 heteroatoms. The van der Waals surface area contributed by atoms with E-state index in [0.717, 1.165) is 12.1 Å². The van der Waals surface area contributed by atoms with E-state index >= 15 is 0 Å². The lowest BCUT2D eigenvalue weighted by atomic mass is 10.0. The van der Waals surface area contributed by atoms with Crippen molar-refractivity contribution in [2.75, 3.05) is 26.3 Å². The Balaban J connectivity index is 1.90. The molecule has 1 saturated heterocycles. The molecule has 0 bridgehead atoms. The third-order valence-electron chi connectivity index (χ3n) is 3.90. The van der Waals surface area contributed by atoms with Crippen LogP contribution in [-0.4, -0.2) is 37.5 Å². The maximum atomic E-state index is 9.82. The van der Waals surface area contributed by atoms with Crippen molar-refractivity contribution in [1.29, 1.82) is 0 Å². The Bertz CT molecular complexity index is 641. The highest BCUT2D eigenvalue weighted by Gasteiger charge is 2.28. The number of ether oxygens (including phenoxy) is 3. The average Bonchev–Trinajstić information content (AvgIpc) is 2.63. The van der Waals surface area contributed by atoms with Gasteiger partial charge < -0.3 is 24.6 Å². The predicted molar refractivity (Wildman–Crippen MR) is 91.7 cm³/mol. The first-order chi connectivity index (χ1) is 11.8. The second-order valence-electron chi connectivity index (χ2n) is 5.63. The Hall–Kier alpha value is -2.24. The van der Waals surface area contributed by atoms with Crippen LogP contribution in [0.2, 0.25) is 0 Å². The van der Waals surface area contributed by atoms with Gasteiger partial charge in [-0.1, -0.05) is 30.3 Å². The van der Waals surface area contributed by atoms with E-state index in [1.165, 1.54) is 0 Å². The summed E-state index contributed by atoms with van der Waals surface area (Å²) in [5, 5.41) is 13.2. The van der Waals surface area contributed by atoms with Crippen LogP contribution in [0.4, 0.5) is 0 Å². The van der Waals surface area contributed by atoms with Gasteiger partial charge in [-0.25, -0.2) is 0 Å². The molecule has 1 aliphatic rings. The lowest BCUT2D eigenvalue weighted by molar-refractivity contribution is -0.0439. The van der Waals surface area contributed by atoms with Gasteiger partial charge in [-0.05, 0) is 24.6 Å². The minimum atomic E-state index is -0.292. The summed E-state index contributed by atoms with van der Waals surface area (Å²) < 4.78 is 17.8. The second kappa shape index (κ2) is 8.04. The Kier molecular flexibility index (Phi) is 5.56. The van der Waals surface area contributed by atoms with E-state index in [1.54, 1.807) is 18.2 Å². The molecule has 2 atom stereocenters. The smallest absolute Gasteiger partial charge is 0.165 e. The molecular formula is C19H23NO4. The Morgan fingerprint density at radius 1 is 1.21 bits per heavy atom. The molecular weight excluding hydrogens is 306 g/mol. The summed E-state index contributed by atoms with van der Waals surface area (Å²) in [6.07, 6.45) is -0.405. The Morgan fingerprint density at radius 3 is 2.75 bits per heavy atom. The summed E-state index contributed by atoms with van der Waals surface area (Å²) in [5.74, 6) is 1.27. The van der Waals surface area contributed by atoms with Crippen molar-refractivity contribution in [2.45, 2.75) is 19.1 Å². The van der Waals surface area contributed by atoms with E-state index in [-0.39, 0.29) is 18.0 Å². The molecule has 0 aromatic heterocycles. The van der Waals surface area contributed by atoms with E-state index in [0.29, 0.717) is 31.3 Å². The topological polar surface area (TPSA) is 60.0 Å². The number of aromatic hydroxyl groups is 1.